The predicted octanol–water partition coefficient (Wildman–Crippen LogP) is 3.49. The molecule has 13 heteroatoms. The Morgan fingerprint density at radius 2 is 1.88 bits per heavy atom. The van der Waals surface area contributed by atoms with Gasteiger partial charge >= 0.3 is 35.2 Å². The van der Waals surface area contributed by atoms with Gasteiger partial charge in [0.25, 0.3) is 13.4 Å². The molecule has 50 heavy (non-hydrogen) atoms. The summed E-state index contributed by atoms with van der Waals surface area (Å²) in [4.78, 5) is 38.4. The number of ether oxygens (including phenoxy) is 1. The number of rotatable bonds is 11. The molecule has 1 aliphatic heterocycles. The quantitative estimate of drug-likeness (QED) is 0.200. The maximum Gasteiger partial charge on any atom is 1.00 e. The van der Waals surface area contributed by atoms with Crippen molar-refractivity contribution < 1.29 is 62.3 Å². The molecule has 0 bridgehead atoms. The van der Waals surface area contributed by atoms with Crippen LogP contribution in [0.5, 0.6) is 0 Å². The van der Waals surface area contributed by atoms with Crippen LogP contribution < -0.4 is 45.7 Å². The topological polar surface area (TPSA) is 143 Å². The van der Waals surface area contributed by atoms with E-state index in [1.165, 1.54) is 50.5 Å². The maximum atomic E-state index is 13.8. The summed E-state index contributed by atoms with van der Waals surface area (Å²) in [5.74, 6) is 3.54. The summed E-state index contributed by atoms with van der Waals surface area (Å²) >= 11 is 0. The van der Waals surface area contributed by atoms with E-state index in [1.807, 2.05) is 4.98 Å². The van der Waals surface area contributed by atoms with Crippen molar-refractivity contribution in [2.45, 2.75) is 137 Å². The van der Waals surface area contributed by atoms with Crippen molar-refractivity contribution in [3.8, 4) is 0 Å². The Kier molecular flexibility index (Phi) is 12.7. The third kappa shape index (κ3) is 7.93. The largest absolute Gasteiger partial charge is 1.00 e. The molecule has 0 aromatic carbocycles. The van der Waals surface area contributed by atoms with Gasteiger partial charge in [0.15, 0.2) is 0 Å². The summed E-state index contributed by atoms with van der Waals surface area (Å²) in [7, 11) is -4.77. The van der Waals surface area contributed by atoms with E-state index in [0.29, 0.717) is 42.2 Å². The first kappa shape index (κ1) is 40.6. The molecule has 6 rings (SSSR count). The third-order valence-corrected chi connectivity index (χ3v) is 14.7. The zero-order valence-corrected chi connectivity index (χ0v) is 34.0. The van der Waals surface area contributed by atoms with Crippen molar-refractivity contribution >= 4 is 7.82 Å². The summed E-state index contributed by atoms with van der Waals surface area (Å²) in [5, 5.41) is 10.5. The smallest absolute Gasteiger partial charge is 0.756 e. The van der Waals surface area contributed by atoms with Crippen LogP contribution in [0.15, 0.2) is 27.4 Å². The number of aromatic nitrogens is 2. The van der Waals surface area contributed by atoms with Gasteiger partial charge in [0, 0.05) is 6.42 Å². The molecule has 0 spiro atoms. The van der Waals surface area contributed by atoms with Gasteiger partial charge in [-0.2, -0.15) is 4.39 Å². The zero-order chi connectivity index (χ0) is 35.5. The number of hydrogen-bond donors (Lipinski definition) is 2. The van der Waals surface area contributed by atoms with Crippen LogP contribution in [0.1, 0.15) is 118 Å². The summed E-state index contributed by atoms with van der Waals surface area (Å²) in [6, 6.07) is 0. The fraction of sp³-hybridized carbons (Fsp3) is 0.838. The third-order valence-electron chi connectivity index (χ3n) is 13.7. The van der Waals surface area contributed by atoms with E-state index < -0.39 is 56.0 Å². The van der Waals surface area contributed by atoms with Crippen molar-refractivity contribution in [1.29, 1.82) is 0 Å². The number of hydrogen-bond acceptors (Lipinski definition) is 8. The molecule has 276 valence electrons. The molecule has 0 radical (unpaired) electrons. The van der Waals surface area contributed by atoms with E-state index in [0.717, 1.165) is 34.7 Å². The van der Waals surface area contributed by atoms with Crippen LogP contribution in [0.2, 0.25) is 0 Å². The van der Waals surface area contributed by atoms with Crippen LogP contribution in [-0.2, 0) is 18.3 Å². The fourth-order valence-electron chi connectivity index (χ4n) is 11.2. The van der Waals surface area contributed by atoms with Crippen molar-refractivity contribution in [2.24, 2.45) is 52.3 Å². The van der Waals surface area contributed by atoms with Gasteiger partial charge in [0.2, 0.25) is 5.82 Å². The first-order valence-electron chi connectivity index (χ1n) is 18.7. The predicted molar refractivity (Wildman–Crippen MR) is 182 cm³/mol. The molecule has 7 unspecified atom stereocenters. The molecule has 5 aliphatic rings. The van der Waals surface area contributed by atoms with Crippen molar-refractivity contribution in [1.82, 2.24) is 9.55 Å². The standard InChI is InChI=1S/C37H58FN2O8P.Na/c1-21(2)8-7-9-22(3)26-10-11-27-33-23(4)16-24-17-25(12-14-36(24,5)28(33)13-15-37(26,27)6)48-49(44,45)46-20-31-30(41)18-32(47-31)40-19-29(38)34(42)39-35(40)43;/h16,19,21-23,25-28,30-33,41H,7-15,17-18,20H2,1-6H3,(H,44,45)(H,39,42,43);/q;+1/p-1/t22-,23+,25+,26-,27?,28?,30?,31?,32?,33?,36+,37-;/m1./s1. The second kappa shape index (κ2) is 15.6. The number of phosphoric ester groups is 1. The summed E-state index contributed by atoms with van der Waals surface area (Å²) in [5.41, 5.74) is -0.324. The molecule has 4 fully saturated rings. The van der Waals surface area contributed by atoms with Crippen LogP contribution in [0, 0.1) is 58.1 Å². The van der Waals surface area contributed by atoms with Gasteiger partial charge < -0.3 is 23.8 Å². The molecule has 0 amide bonds. The molecule has 1 aromatic rings. The van der Waals surface area contributed by atoms with E-state index in [4.69, 9.17) is 13.8 Å². The monoisotopic (exact) mass is 730 g/mol. The number of H-pyrrole nitrogens is 1. The Morgan fingerprint density at radius 3 is 2.60 bits per heavy atom. The molecular weight excluding hydrogens is 673 g/mol. The zero-order valence-electron chi connectivity index (χ0n) is 31.1. The number of allylic oxidation sites excluding steroid dienone is 1. The molecule has 13 atom stereocenters. The minimum Gasteiger partial charge on any atom is -0.756 e. The molecule has 2 heterocycles. The first-order valence-corrected chi connectivity index (χ1v) is 20.2. The number of aliphatic hydroxyl groups excluding tert-OH is 1. The van der Waals surface area contributed by atoms with Crippen molar-refractivity contribution in [3.05, 3.63) is 44.5 Å². The first-order chi connectivity index (χ1) is 23.0. The Labute approximate surface area is 318 Å². The SMILES string of the molecule is CC(C)CCC[C@@H](C)[C@H]1CCC2C3C(CC[C@@]21C)[C@@]1(C)CC[C@H](OP(=O)([O-])OCC2OC(n4cc(F)c(=O)[nH]c4=O)CC2O)CC1=C[C@@H]3C.[Na+]. The molecule has 2 N–H and O–H groups in total. The number of nitrogens with zero attached hydrogens (tertiary/aromatic N) is 1. The Hall–Kier alpha value is -0.620. The van der Waals surface area contributed by atoms with Gasteiger partial charge in [-0.25, -0.2) is 4.79 Å². The van der Waals surface area contributed by atoms with Crippen LogP contribution in [0.25, 0.3) is 0 Å². The second-order valence-electron chi connectivity index (χ2n) is 17.1. The van der Waals surface area contributed by atoms with Gasteiger partial charge in [-0.1, -0.05) is 72.5 Å². The Morgan fingerprint density at radius 1 is 1.14 bits per heavy atom. The van der Waals surface area contributed by atoms with Gasteiger partial charge in [0.1, 0.15) is 12.3 Å². The minimum atomic E-state index is -4.77. The van der Waals surface area contributed by atoms with E-state index in [9.17, 15) is 28.5 Å². The minimum absolute atomic E-state index is 0. The second-order valence-corrected chi connectivity index (χ2v) is 18.4. The molecule has 10 nitrogen and oxygen atoms in total. The molecular formula is C37H57FN2NaO8P. The van der Waals surface area contributed by atoms with Gasteiger partial charge in [-0.15, -0.1) is 0 Å². The fourth-order valence-corrected chi connectivity index (χ4v) is 12.1. The maximum absolute atomic E-state index is 13.8. The van der Waals surface area contributed by atoms with Crippen LogP contribution in [-0.4, -0.2) is 39.6 Å². The van der Waals surface area contributed by atoms with E-state index in [1.54, 1.807) is 0 Å². The van der Waals surface area contributed by atoms with E-state index >= 15 is 0 Å². The summed E-state index contributed by atoms with van der Waals surface area (Å²) in [6.07, 6.45) is 10.3. The van der Waals surface area contributed by atoms with Crippen molar-refractivity contribution in [3.63, 3.8) is 0 Å². The molecule has 1 aromatic heterocycles. The Bertz CT molecular complexity index is 1570. The van der Waals surface area contributed by atoms with Gasteiger partial charge in [0.05, 0.1) is 25.0 Å². The van der Waals surface area contributed by atoms with E-state index in [-0.39, 0.29) is 41.4 Å². The average molecular weight is 731 g/mol. The normalized spacial score (nSPS) is 39.9. The number of aliphatic hydroxyl groups is 1. The van der Waals surface area contributed by atoms with Gasteiger partial charge in [-0.3, -0.25) is 18.9 Å². The number of fused-ring (bicyclic) bond motifs is 5. The Balaban J connectivity index is 0.00000486. The average Bonchev–Trinajstić information content (AvgIpc) is 3.57. The number of halogens is 1. The van der Waals surface area contributed by atoms with Crippen LogP contribution in [0.3, 0.4) is 0 Å². The number of phosphoric acid groups is 1. The summed E-state index contributed by atoms with van der Waals surface area (Å²) < 4.78 is 44.1. The van der Waals surface area contributed by atoms with Crippen molar-refractivity contribution in [2.75, 3.05) is 6.61 Å². The van der Waals surface area contributed by atoms with Crippen LogP contribution >= 0.6 is 7.82 Å². The number of nitrogens with one attached hydrogen (secondary N) is 1. The number of aromatic amines is 1. The molecule has 3 saturated carbocycles. The molecule has 4 aliphatic carbocycles. The van der Waals surface area contributed by atoms with Crippen LogP contribution in [0.4, 0.5) is 4.39 Å². The van der Waals surface area contributed by atoms with Gasteiger partial charge in [-0.05, 0) is 97.2 Å². The summed E-state index contributed by atoms with van der Waals surface area (Å²) in [6.45, 7) is 14.0. The molecule has 1 saturated heterocycles. The van der Waals surface area contributed by atoms with E-state index in [2.05, 4.69) is 47.6 Å².